The van der Waals surface area contributed by atoms with E-state index in [4.69, 9.17) is 0 Å². The lowest BCUT2D eigenvalue weighted by Gasteiger charge is -2.20. The van der Waals surface area contributed by atoms with Gasteiger partial charge in [-0.3, -0.25) is 9.59 Å². The normalized spacial score (nSPS) is 16.7. The minimum atomic E-state index is -0.0225. The fraction of sp³-hybridized carbons (Fsp3) is 0.833. The first-order chi connectivity index (χ1) is 7.74. The van der Waals surface area contributed by atoms with E-state index in [-0.39, 0.29) is 18.4 Å². The van der Waals surface area contributed by atoms with Gasteiger partial charge in [0.1, 0.15) is 0 Å². The molecule has 0 radical (unpaired) electrons. The highest BCUT2D eigenvalue weighted by Crippen LogP contribution is 2.09. The zero-order valence-electron chi connectivity index (χ0n) is 10.1. The lowest BCUT2D eigenvalue weighted by Crippen LogP contribution is -2.40. The minimum absolute atomic E-state index is 0.0225. The van der Waals surface area contributed by atoms with Gasteiger partial charge in [0.2, 0.25) is 11.8 Å². The molecule has 0 atom stereocenters. The van der Waals surface area contributed by atoms with E-state index in [1.165, 1.54) is 12.8 Å². The number of rotatable bonds is 4. The second-order valence-corrected chi connectivity index (χ2v) is 4.32. The van der Waals surface area contributed by atoms with E-state index in [9.17, 15) is 9.59 Å². The van der Waals surface area contributed by atoms with Crippen LogP contribution in [0, 0.1) is 0 Å². The van der Waals surface area contributed by atoms with Crippen molar-refractivity contribution in [2.45, 2.75) is 45.4 Å². The molecule has 1 aliphatic heterocycles. The topological polar surface area (TPSA) is 49.4 Å². The fourth-order valence-electron chi connectivity index (χ4n) is 1.92. The number of carbonyl (C=O) groups is 2. The number of carbonyl (C=O) groups excluding carboxylic acids is 2. The van der Waals surface area contributed by atoms with E-state index in [1.807, 2.05) is 11.8 Å². The van der Waals surface area contributed by atoms with Crippen molar-refractivity contribution in [1.82, 2.24) is 10.2 Å². The molecule has 2 amide bonds. The zero-order valence-corrected chi connectivity index (χ0v) is 10.1. The van der Waals surface area contributed by atoms with E-state index in [0.717, 1.165) is 32.4 Å². The molecular formula is C12H22N2O2. The van der Waals surface area contributed by atoms with Crippen LogP contribution in [0.2, 0.25) is 0 Å². The summed E-state index contributed by atoms with van der Waals surface area (Å²) in [5.41, 5.74) is 0. The number of amides is 2. The summed E-state index contributed by atoms with van der Waals surface area (Å²) in [7, 11) is 0. The van der Waals surface area contributed by atoms with Gasteiger partial charge in [0.25, 0.3) is 0 Å². The summed E-state index contributed by atoms with van der Waals surface area (Å²) in [4.78, 5) is 24.9. The summed E-state index contributed by atoms with van der Waals surface area (Å²) < 4.78 is 0. The first-order valence-corrected chi connectivity index (χ1v) is 6.28. The Hall–Kier alpha value is -1.06. The predicted octanol–water partition coefficient (Wildman–Crippen LogP) is 1.31. The van der Waals surface area contributed by atoms with Crippen molar-refractivity contribution in [2.24, 2.45) is 0 Å². The van der Waals surface area contributed by atoms with Crippen molar-refractivity contribution in [2.75, 3.05) is 19.6 Å². The highest BCUT2D eigenvalue weighted by molar-refractivity contribution is 5.84. The van der Waals surface area contributed by atoms with Crippen molar-refractivity contribution in [3.63, 3.8) is 0 Å². The van der Waals surface area contributed by atoms with Crippen LogP contribution in [-0.4, -0.2) is 36.3 Å². The summed E-state index contributed by atoms with van der Waals surface area (Å²) in [6, 6.07) is 0. The van der Waals surface area contributed by atoms with Gasteiger partial charge in [0, 0.05) is 19.5 Å². The molecule has 1 fully saturated rings. The summed E-state index contributed by atoms with van der Waals surface area (Å²) in [6.45, 7) is 3.82. The van der Waals surface area contributed by atoms with Crippen molar-refractivity contribution in [3.05, 3.63) is 0 Å². The lowest BCUT2D eigenvalue weighted by molar-refractivity contribution is -0.132. The number of likely N-dealkylation sites (tertiary alicyclic amines) is 1. The third-order valence-electron chi connectivity index (χ3n) is 2.87. The van der Waals surface area contributed by atoms with Gasteiger partial charge in [0.05, 0.1) is 6.54 Å². The number of hydrogen-bond donors (Lipinski definition) is 1. The van der Waals surface area contributed by atoms with Gasteiger partial charge in [-0.25, -0.2) is 0 Å². The Kier molecular flexibility index (Phi) is 5.90. The first-order valence-electron chi connectivity index (χ1n) is 6.28. The zero-order chi connectivity index (χ0) is 11.8. The Balaban J connectivity index is 2.25. The molecule has 1 heterocycles. The molecule has 1 saturated heterocycles. The standard InChI is InChI=1S/C12H22N2O2/c1-2-7-11(15)13-10-12(16)14-8-5-3-4-6-9-14/h2-10H2,1H3,(H,13,15). The Labute approximate surface area is 97.4 Å². The smallest absolute Gasteiger partial charge is 0.241 e. The number of hydrogen-bond acceptors (Lipinski definition) is 2. The molecule has 0 aromatic carbocycles. The molecule has 4 nitrogen and oxygen atoms in total. The number of nitrogens with one attached hydrogen (secondary N) is 1. The van der Waals surface area contributed by atoms with Gasteiger partial charge in [-0.15, -0.1) is 0 Å². The van der Waals surface area contributed by atoms with Gasteiger partial charge in [0.15, 0.2) is 0 Å². The molecule has 0 saturated carbocycles. The van der Waals surface area contributed by atoms with Crippen LogP contribution in [0.3, 0.4) is 0 Å². The van der Waals surface area contributed by atoms with Crippen LogP contribution in [0.5, 0.6) is 0 Å². The molecule has 0 aromatic rings. The van der Waals surface area contributed by atoms with E-state index in [2.05, 4.69) is 5.32 Å². The molecule has 4 heteroatoms. The Morgan fingerprint density at radius 3 is 2.31 bits per heavy atom. The van der Waals surface area contributed by atoms with Crippen LogP contribution < -0.4 is 5.32 Å². The maximum absolute atomic E-state index is 11.8. The quantitative estimate of drug-likeness (QED) is 0.785. The first kappa shape index (κ1) is 13.0. The van der Waals surface area contributed by atoms with E-state index >= 15 is 0 Å². The van der Waals surface area contributed by atoms with Crippen LogP contribution >= 0.6 is 0 Å². The SMILES string of the molecule is CCCC(=O)NCC(=O)N1CCCCCC1. The van der Waals surface area contributed by atoms with Crippen LogP contribution in [0.25, 0.3) is 0 Å². The Morgan fingerprint density at radius 2 is 1.75 bits per heavy atom. The van der Waals surface area contributed by atoms with Gasteiger partial charge in [-0.2, -0.15) is 0 Å². The van der Waals surface area contributed by atoms with Crippen LogP contribution in [0.4, 0.5) is 0 Å². The molecule has 92 valence electrons. The molecule has 0 unspecified atom stereocenters. The van der Waals surface area contributed by atoms with Gasteiger partial charge in [-0.05, 0) is 19.3 Å². The van der Waals surface area contributed by atoms with Gasteiger partial charge >= 0.3 is 0 Å². The third kappa shape index (κ3) is 4.64. The maximum Gasteiger partial charge on any atom is 0.241 e. The van der Waals surface area contributed by atoms with Crippen LogP contribution in [-0.2, 0) is 9.59 Å². The predicted molar refractivity (Wildman–Crippen MR) is 63.0 cm³/mol. The molecule has 0 bridgehead atoms. The maximum atomic E-state index is 11.8. The Bertz CT molecular complexity index is 233. The molecule has 1 N–H and O–H groups in total. The third-order valence-corrected chi connectivity index (χ3v) is 2.87. The molecule has 0 aliphatic carbocycles. The lowest BCUT2D eigenvalue weighted by atomic mass is 10.2. The van der Waals surface area contributed by atoms with Crippen LogP contribution in [0.15, 0.2) is 0 Å². The molecule has 1 aliphatic rings. The average molecular weight is 226 g/mol. The van der Waals surface area contributed by atoms with E-state index in [1.54, 1.807) is 0 Å². The van der Waals surface area contributed by atoms with E-state index < -0.39 is 0 Å². The molecular weight excluding hydrogens is 204 g/mol. The molecule has 0 spiro atoms. The van der Waals surface area contributed by atoms with Gasteiger partial charge < -0.3 is 10.2 Å². The minimum Gasteiger partial charge on any atom is -0.347 e. The summed E-state index contributed by atoms with van der Waals surface area (Å²) >= 11 is 0. The van der Waals surface area contributed by atoms with Crippen molar-refractivity contribution in [1.29, 1.82) is 0 Å². The second kappa shape index (κ2) is 7.25. The highest BCUT2D eigenvalue weighted by Gasteiger charge is 2.15. The monoisotopic (exact) mass is 226 g/mol. The van der Waals surface area contributed by atoms with Gasteiger partial charge in [-0.1, -0.05) is 19.8 Å². The van der Waals surface area contributed by atoms with Crippen molar-refractivity contribution in [3.8, 4) is 0 Å². The van der Waals surface area contributed by atoms with Crippen molar-refractivity contribution < 1.29 is 9.59 Å². The molecule has 1 rings (SSSR count). The summed E-state index contributed by atoms with van der Waals surface area (Å²) in [5, 5.41) is 2.67. The summed E-state index contributed by atoms with van der Waals surface area (Å²) in [5.74, 6) is 0.0389. The Morgan fingerprint density at radius 1 is 1.12 bits per heavy atom. The van der Waals surface area contributed by atoms with Crippen molar-refractivity contribution >= 4 is 11.8 Å². The average Bonchev–Trinajstić information content (AvgIpc) is 2.55. The second-order valence-electron chi connectivity index (χ2n) is 4.32. The van der Waals surface area contributed by atoms with Crippen LogP contribution in [0.1, 0.15) is 45.4 Å². The largest absolute Gasteiger partial charge is 0.347 e. The highest BCUT2D eigenvalue weighted by atomic mass is 16.2. The number of nitrogens with zero attached hydrogens (tertiary/aromatic N) is 1. The summed E-state index contributed by atoms with van der Waals surface area (Å²) in [6.07, 6.45) is 5.94. The fourth-order valence-corrected chi connectivity index (χ4v) is 1.92. The molecule has 0 aromatic heterocycles. The molecule has 16 heavy (non-hydrogen) atoms. The van der Waals surface area contributed by atoms with E-state index in [0.29, 0.717) is 6.42 Å².